The van der Waals surface area contributed by atoms with E-state index in [0.717, 1.165) is 25.0 Å². The van der Waals surface area contributed by atoms with Crippen LogP contribution in [0.3, 0.4) is 0 Å². The highest BCUT2D eigenvalue weighted by Crippen LogP contribution is 2.27. The second-order valence-corrected chi connectivity index (χ2v) is 3.81. The Morgan fingerprint density at radius 2 is 2.27 bits per heavy atom. The van der Waals surface area contributed by atoms with E-state index in [1.54, 1.807) is 6.20 Å². The molecule has 0 bridgehead atoms. The van der Waals surface area contributed by atoms with Crippen molar-refractivity contribution in [2.75, 3.05) is 0 Å². The van der Waals surface area contributed by atoms with Crippen LogP contribution in [0.2, 0.25) is 0 Å². The van der Waals surface area contributed by atoms with E-state index in [9.17, 15) is 0 Å². The summed E-state index contributed by atoms with van der Waals surface area (Å²) < 4.78 is 0. The molecule has 78 valence electrons. The van der Waals surface area contributed by atoms with Gasteiger partial charge in [-0.2, -0.15) is 0 Å². The van der Waals surface area contributed by atoms with Crippen molar-refractivity contribution in [2.45, 2.75) is 26.2 Å². The van der Waals surface area contributed by atoms with Crippen LogP contribution in [0.1, 0.15) is 30.4 Å². The summed E-state index contributed by atoms with van der Waals surface area (Å²) in [5.41, 5.74) is 4.37. The monoisotopic (exact) mass is 202 g/mol. The molecule has 0 atom stereocenters. The first-order valence-electron chi connectivity index (χ1n) is 5.14. The van der Waals surface area contributed by atoms with Crippen LogP contribution in [0, 0.1) is 6.92 Å². The summed E-state index contributed by atoms with van der Waals surface area (Å²) in [5.74, 6) is 0. The minimum atomic E-state index is 0.763. The van der Waals surface area contributed by atoms with Gasteiger partial charge in [0.05, 0.1) is 5.71 Å². The quantitative estimate of drug-likeness (QED) is 0.562. The Hall–Kier alpha value is -1.64. The molecule has 2 rings (SSSR count). The Bertz CT molecular complexity index is 421. The second kappa shape index (κ2) is 4.26. The van der Waals surface area contributed by atoms with Gasteiger partial charge in [0, 0.05) is 12.4 Å². The summed E-state index contributed by atoms with van der Waals surface area (Å²) in [6, 6.07) is 2.00. The Kier molecular flexibility index (Phi) is 2.81. The van der Waals surface area contributed by atoms with Crippen molar-refractivity contribution in [3.8, 4) is 0 Å². The normalized spacial score (nSPS) is 19.0. The molecule has 1 aromatic rings. The molecule has 0 spiro atoms. The number of aryl methyl sites for hydroxylation is 1. The predicted octanol–water partition coefficient (Wildman–Crippen LogP) is 2.79. The maximum atomic E-state index is 8.75. The molecule has 1 aromatic heterocycles. The zero-order valence-corrected chi connectivity index (χ0v) is 8.77. The van der Waals surface area contributed by atoms with Gasteiger partial charge in [0.25, 0.3) is 0 Å². The van der Waals surface area contributed by atoms with E-state index in [-0.39, 0.29) is 0 Å². The first-order valence-corrected chi connectivity index (χ1v) is 5.14. The van der Waals surface area contributed by atoms with Crippen LogP contribution in [0.15, 0.2) is 29.7 Å². The fourth-order valence-corrected chi connectivity index (χ4v) is 1.90. The van der Waals surface area contributed by atoms with E-state index in [1.165, 1.54) is 16.7 Å². The maximum absolute atomic E-state index is 8.75. The number of nitrogens with zero attached hydrogens (tertiary/aromatic N) is 2. The van der Waals surface area contributed by atoms with Gasteiger partial charge in [-0.1, -0.05) is 5.16 Å². The predicted molar refractivity (Wildman–Crippen MR) is 60.0 cm³/mol. The van der Waals surface area contributed by atoms with Crippen molar-refractivity contribution in [3.05, 3.63) is 35.7 Å². The van der Waals surface area contributed by atoms with Crippen LogP contribution in [0.5, 0.6) is 0 Å². The van der Waals surface area contributed by atoms with Crippen molar-refractivity contribution in [3.63, 3.8) is 0 Å². The summed E-state index contributed by atoms with van der Waals surface area (Å²) in [7, 11) is 0. The van der Waals surface area contributed by atoms with Gasteiger partial charge in [0.15, 0.2) is 0 Å². The number of hydrogen-bond acceptors (Lipinski definition) is 3. The molecule has 0 unspecified atom stereocenters. The van der Waals surface area contributed by atoms with Gasteiger partial charge >= 0.3 is 0 Å². The number of oxime groups is 1. The molecule has 1 N–H and O–H groups in total. The summed E-state index contributed by atoms with van der Waals surface area (Å²) in [6.45, 7) is 2.07. The van der Waals surface area contributed by atoms with Crippen LogP contribution in [-0.4, -0.2) is 15.9 Å². The van der Waals surface area contributed by atoms with E-state index >= 15 is 0 Å². The number of aromatic nitrogens is 1. The highest BCUT2D eigenvalue weighted by Gasteiger charge is 2.12. The highest BCUT2D eigenvalue weighted by atomic mass is 16.4. The fraction of sp³-hybridized carbons (Fsp3) is 0.333. The van der Waals surface area contributed by atoms with Crippen molar-refractivity contribution >= 4 is 11.3 Å². The number of allylic oxidation sites excluding steroid dienone is 2. The molecule has 0 saturated heterocycles. The third kappa shape index (κ3) is 2.06. The third-order valence-electron chi connectivity index (χ3n) is 2.73. The van der Waals surface area contributed by atoms with Crippen molar-refractivity contribution in [1.82, 2.24) is 4.98 Å². The van der Waals surface area contributed by atoms with Crippen molar-refractivity contribution < 1.29 is 5.21 Å². The van der Waals surface area contributed by atoms with Crippen LogP contribution in [0.25, 0.3) is 5.57 Å². The van der Waals surface area contributed by atoms with E-state index < -0.39 is 0 Å². The minimum Gasteiger partial charge on any atom is -0.411 e. The van der Waals surface area contributed by atoms with E-state index in [1.807, 2.05) is 18.3 Å². The Morgan fingerprint density at radius 3 is 3.00 bits per heavy atom. The average molecular weight is 202 g/mol. The lowest BCUT2D eigenvalue weighted by molar-refractivity contribution is 0.318. The molecule has 3 heteroatoms. The molecule has 1 aliphatic carbocycles. The SMILES string of the molecule is Cc1ccncc1C1=CC(=NO)CCC1. The largest absolute Gasteiger partial charge is 0.411 e. The second-order valence-electron chi connectivity index (χ2n) is 3.81. The molecule has 0 aliphatic heterocycles. The molecule has 0 radical (unpaired) electrons. The van der Waals surface area contributed by atoms with E-state index in [0.29, 0.717) is 0 Å². The smallest absolute Gasteiger partial charge is 0.0798 e. The highest BCUT2D eigenvalue weighted by molar-refractivity contribution is 6.02. The molecule has 0 amide bonds. The van der Waals surface area contributed by atoms with Gasteiger partial charge in [-0.25, -0.2) is 0 Å². The minimum absolute atomic E-state index is 0.763. The molecule has 15 heavy (non-hydrogen) atoms. The van der Waals surface area contributed by atoms with Gasteiger partial charge in [-0.3, -0.25) is 4.98 Å². The molecule has 0 saturated carbocycles. The van der Waals surface area contributed by atoms with Gasteiger partial charge in [0.2, 0.25) is 0 Å². The Morgan fingerprint density at radius 1 is 1.40 bits per heavy atom. The van der Waals surface area contributed by atoms with Crippen molar-refractivity contribution in [1.29, 1.82) is 0 Å². The fourth-order valence-electron chi connectivity index (χ4n) is 1.90. The molecule has 1 aliphatic rings. The molecular weight excluding hydrogens is 188 g/mol. The number of hydrogen-bond donors (Lipinski definition) is 1. The maximum Gasteiger partial charge on any atom is 0.0798 e. The topological polar surface area (TPSA) is 45.5 Å². The van der Waals surface area contributed by atoms with E-state index in [4.69, 9.17) is 5.21 Å². The number of pyridine rings is 1. The summed E-state index contributed by atoms with van der Waals surface area (Å²) in [4.78, 5) is 4.13. The van der Waals surface area contributed by atoms with Crippen LogP contribution in [-0.2, 0) is 0 Å². The van der Waals surface area contributed by atoms with Gasteiger partial charge < -0.3 is 5.21 Å². The van der Waals surface area contributed by atoms with Gasteiger partial charge in [-0.05, 0) is 55.0 Å². The molecule has 0 aromatic carbocycles. The standard InChI is InChI=1S/C12H14N2O/c1-9-5-6-13-8-12(9)10-3-2-4-11(7-10)14-15/h5-8,15H,2-4H2,1H3. The van der Waals surface area contributed by atoms with Gasteiger partial charge in [-0.15, -0.1) is 0 Å². The lowest BCUT2D eigenvalue weighted by Gasteiger charge is -2.14. The third-order valence-corrected chi connectivity index (χ3v) is 2.73. The van der Waals surface area contributed by atoms with Gasteiger partial charge in [0.1, 0.15) is 0 Å². The zero-order valence-electron chi connectivity index (χ0n) is 8.77. The molecule has 3 nitrogen and oxygen atoms in total. The van der Waals surface area contributed by atoms with Crippen LogP contribution >= 0.6 is 0 Å². The molecule has 1 heterocycles. The zero-order chi connectivity index (χ0) is 10.7. The average Bonchev–Trinajstić information content (AvgIpc) is 2.30. The van der Waals surface area contributed by atoms with Crippen LogP contribution in [0.4, 0.5) is 0 Å². The lowest BCUT2D eigenvalue weighted by Crippen LogP contribution is -2.04. The summed E-state index contributed by atoms with van der Waals surface area (Å²) >= 11 is 0. The van der Waals surface area contributed by atoms with Crippen molar-refractivity contribution in [2.24, 2.45) is 5.16 Å². The Balaban J connectivity index is 2.39. The lowest BCUT2D eigenvalue weighted by atomic mass is 9.91. The summed E-state index contributed by atoms with van der Waals surface area (Å²) in [5, 5.41) is 12.0. The molecular formula is C12H14N2O. The van der Waals surface area contributed by atoms with E-state index in [2.05, 4.69) is 17.1 Å². The molecule has 0 fully saturated rings. The number of rotatable bonds is 1. The Labute approximate surface area is 89.2 Å². The van der Waals surface area contributed by atoms with Crippen LogP contribution < -0.4 is 0 Å². The summed E-state index contributed by atoms with van der Waals surface area (Å²) in [6.07, 6.45) is 8.57. The first-order chi connectivity index (χ1) is 7.31. The first kappa shape index (κ1) is 9.90.